The van der Waals surface area contributed by atoms with Gasteiger partial charge in [-0.15, -0.1) is 0 Å². The summed E-state index contributed by atoms with van der Waals surface area (Å²) in [5, 5.41) is 0. The molecule has 0 N–H and O–H groups in total. The molecule has 0 heterocycles. The molecule has 0 saturated carbocycles. The van der Waals surface area contributed by atoms with Gasteiger partial charge in [-0.3, -0.25) is 0 Å². The molecule has 4 heavy (non-hydrogen) atoms. The van der Waals surface area contributed by atoms with Crippen molar-refractivity contribution in [3.63, 3.8) is 0 Å². The Labute approximate surface area is 75.6 Å². The van der Waals surface area contributed by atoms with Crippen molar-refractivity contribution in [2.24, 2.45) is 0 Å². The zero-order valence-corrected chi connectivity index (χ0v) is 8.71. The Kier molecular flexibility index (Phi) is 145. The standard InChI is InChI=1S/Ni.Rh.Ru.W. The van der Waals surface area contributed by atoms with Crippen molar-refractivity contribution >= 4 is 0 Å². The van der Waals surface area contributed by atoms with E-state index in [1.807, 2.05) is 0 Å². The van der Waals surface area contributed by atoms with E-state index in [-0.39, 0.29) is 76.5 Å². The van der Waals surface area contributed by atoms with E-state index in [4.69, 9.17) is 0 Å². The van der Waals surface area contributed by atoms with Crippen LogP contribution >= 0.6 is 0 Å². The van der Waals surface area contributed by atoms with Gasteiger partial charge in [0.1, 0.15) is 0 Å². The Bertz CT molecular complexity index is 8.00. The predicted octanol–water partition coefficient (Wildman–Crippen LogP) is -0.0100. The van der Waals surface area contributed by atoms with Crippen LogP contribution < -0.4 is 0 Å². The zero-order valence-electron chi connectivity index (χ0n) is 1.41. The summed E-state index contributed by atoms with van der Waals surface area (Å²) in [6.45, 7) is 0. The maximum atomic E-state index is 0. The van der Waals surface area contributed by atoms with Gasteiger partial charge in [0.25, 0.3) is 0 Å². The zero-order chi connectivity index (χ0) is 0. The minimum atomic E-state index is 0. The van der Waals surface area contributed by atoms with Crippen molar-refractivity contribution in [2.45, 2.75) is 0 Å². The first-order valence-electron chi connectivity index (χ1n) is 0. The van der Waals surface area contributed by atoms with E-state index < -0.39 is 0 Å². The molecule has 33 valence electrons. The van der Waals surface area contributed by atoms with Crippen molar-refractivity contribution in [1.82, 2.24) is 0 Å². The van der Waals surface area contributed by atoms with Gasteiger partial charge in [-0.05, 0) is 0 Å². The number of rotatable bonds is 0. The topological polar surface area (TPSA) is 0 Å². The van der Waals surface area contributed by atoms with Gasteiger partial charge in [-0.25, -0.2) is 0 Å². The van der Waals surface area contributed by atoms with Gasteiger partial charge in [0.2, 0.25) is 0 Å². The predicted molar refractivity (Wildman–Crippen MR) is 0 cm³/mol. The molecule has 0 spiro atoms. The third-order valence-electron chi connectivity index (χ3n) is 0. The molecule has 0 aliphatic rings. The molecule has 0 aliphatic carbocycles. The van der Waals surface area contributed by atoms with E-state index in [0.29, 0.717) is 0 Å². The molecule has 0 aromatic carbocycles. The van der Waals surface area contributed by atoms with Gasteiger partial charge < -0.3 is 0 Å². The summed E-state index contributed by atoms with van der Waals surface area (Å²) in [4.78, 5) is 0. The Morgan fingerprint density at radius 2 is 1.00 bits per heavy atom. The van der Waals surface area contributed by atoms with Crippen LogP contribution in [0.15, 0.2) is 0 Å². The SMILES string of the molecule is [Ni].[Rh].[Ru].[W]. The summed E-state index contributed by atoms with van der Waals surface area (Å²) in [5.74, 6) is 0. The monoisotopic (exact) mass is 447 g/mol. The van der Waals surface area contributed by atoms with Crippen molar-refractivity contribution < 1.29 is 76.5 Å². The van der Waals surface area contributed by atoms with Crippen molar-refractivity contribution in [3.05, 3.63) is 0 Å². The molecular weight excluding hydrogens is 447 g/mol. The summed E-state index contributed by atoms with van der Waals surface area (Å²) in [6, 6.07) is 0. The molecular formula is NiRhRuW. The van der Waals surface area contributed by atoms with E-state index in [9.17, 15) is 0 Å². The molecule has 0 aromatic rings. The fourth-order valence-corrected chi connectivity index (χ4v) is 0. The maximum Gasteiger partial charge on any atom is 0 e. The molecule has 0 bridgehead atoms. The van der Waals surface area contributed by atoms with Crippen LogP contribution in [0.5, 0.6) is 0 Å². The summed E-state index contributed by atoms with van der Waals surface area (Å²) >= 11 is 0. The van der Waals surface area contributed by atoms with Crippen LogP contribution in [-0.2, 0) is 76.5 Å². The molecule has 4 heteroatoms. The van der Waals surface area contributed by atoms with Gasteiger partial charge >= 0.3 is 0 Å². The van der Waals surface area contributed by atoms with Gasteiger partial charge in [0, 0.05) is 76.5 Å². The second kappa shape index (κ2) is 18.1. The van der Waals surface area contributed by atoms with Crippen LogP contribution in [0.4, 0.5) is 0 Å². The Morgan fingerprint density at radius 1 is 1.00 bits per heavy atom. The minimum absolute atomic E-state index is 0. The van der Waals surface area contributed by atoms with Crippen LogP contribution in [0.25, 0.3) is 0 Å². The third kappa shape index (κ3) is 8.83. The van der Waals surface area contributed by atoms with E-state index >= 15 is 0 Å². The first kappa shape index (κ1) is 32.1. The van der Waals surface area contributed by atoms with E-state index in [2.05, 4.69) is 0 Å². The first-order valence-corrected chi connectivity index (χ1v) is 0. The maximum absolute atomic E-state index is 0. The normalized spacial score (nSPS) is 0. The molecule has 1 radical (unpaired) electrons. The van der Waals surface area contributed by atoms with Gasteiger partial charge in [-0.2, -0.15) is 0 Å². The molecule has 0 unspecified atom stereocenters. The molecule has 0 rings (SSSR count). The van der Waals surface area contributed by atoms with Crippen LogP contribution in [0.1, 0.15) is 0 Å². The van der Waals surface area contributed by atoms with Crippen molar-refractivity contribution in [1.29, 1.82) is 0 Å². The van der Waals surface area contributed by atoms with Crippen molar-refractivity contribution in [2.75, 3.05) is 0 Å². The van der Waals surface area contributed by atoms with Crippen LogP contribution in [0.2, 0.25) is 0 Å². The second-order valence-electron chi connectivity index (χ2n) is 0. The largest absolute Gasteiger partial charge is 0 e. The van der Waals surface area contributed by atoms with E-state index in [1.54, 1.807) is 0 Å². The molecule has 0 aromatic heterocycles. The smallest absolute Gasteiger partial charge is 0 e. The van der Waals surface area contributed by atoms with Crippen LogP contribution in [-0.4, -0.2) is 0 Å². The fourth-order valence-electron chi connectivity index (χ4n) is 0. The Morgan fingerprint density at radius 3 is 1.00 bits per heavy atom. The molecule has 0 amide bonds. The second-order valence-corrected chi connectivity index (χ2v) is 0. The third-order valence-corrected chi connectivity index (χ3v) is 0. The summed E-state index contributed by atoms with van der Waals surface area (Å²) in [7, 11) is 0. The van der Waals surface area contributed by atoms with E-state index in [1.165, 1.54) is 0 Å². The summed E-state index contributed by atoms with van der Waals surface area (Å²) < 4.78 is 0. The molecule has 0 nitrogen and oxygen atoms in total. The fraction of sp³-hybridized carbons (Fsp3) is 0. The summed E-state index contributed by atoms with van der Waals surface area (Å²) in [6.07, 6.45) is 0. The average Bonchev–Trinajstić information content (AvgIpc) is 0. The average molecular weight is 447 g/mol. The van der Waals surface area contributed by atoms with E-state index in [0.717, 1.165) is 0 Å². The van der Waals surface area contributed by atoms with Crippen LogP contribution in [0, 0.1) is 0 Å². The van der Waals surface area contributed by atoms with Gasteiger partial charge in [0.05, 0.1) is 0 Å². The molecule has 0 fully saturated rings. The number of hydrogen-bond donors (Lipinski definition) is 0. The molecule has 0 atom stereocenters. The summed E-state index contributed by atoms with van der Waals surface area (Å²) in [5.41, 5.74) is 0. The minimum Gasteiger partial charge on any atom is 0 e. The van der Waals surface area contributed by atoms with Crippen molar-refractivity contribution in [3.8, 4) is 0 Å². The van der Waals surface area contributed by atoms with Gasteiger partial charge in [-0.1, -0.05) is 0 Å². The Hall–Kier alpha value is 2.43. The first-order chi connectivity index (χ1) is 0. The Balaban J connectivity index is 0. The quantitative estimate of drug-likeness (QED) is 0.460. The van der Waals surface area contributed by atoms with Crippen LogP contribution in [0.3, 0.4) is 0 Å². The molecule has 0 saturated heterocycles. The van der Waals surface area contributed by atoms with Gasteiger partial charge in [0.15, 0.2) is 0 Å². The molecule has 0 aliphatic heterocycles. The number of hydrogen-bond acceptors (Lipinski definition) is 0.